The van der Waals surface area contributed by atoms with Crippen LogP contribution in [0.1, 0.15) is 17.3 Å². The van der Waals surface area contributed by atoms with Gasteiger partial charge in [0, 0.05) is 4.90 Å². The predicted octanol–water partition coefficient (Wildman–Crippen LogP) is 2.75. The number of carbonyl (C=O) groups is 1. The first-order valence-electron chi connectivity index (χ1n) is 4.49. The summed E-state index contributed by atoms with van der Waals surface area (Å²) in [6, 6.07) is 3.91. The number of carbonyl (C=O) groups excluding carboxylic acids is 1. The molecular formula is C10H10F2O3S. The monoisotopic (exact) mass is 248 g/mol. The number of esters is 1. The SMILES string of the molecule is CCOC(=O)c1ccc(OC(F)F)c(S)c1. The van der Waals surface area contributed by atoms with E-state index < -0.39 is 12.6 Å². The average Bonchev–Trinajstić information content (AvgIpc) is 2.20. The van der Waals surface area contributed by atoms with Crippen LogP contribution < -0.4 is 4.74 Å². The number of hydrogen-bond donors (Lipinski definition) is 1. The van der Waals surface area contributed by atoms with E-state index in [1.807, 2.05) is 0 Å². The Hall–Kier alpha value is -1.30. The van der Waals surface area contributed by atoms with Gasteiger partial charge in [-0.1, -0.05) is 0 Å². The van der Waals surface area contributed by atoms with Crippen molar-refractivity contribution in [2.24, 2.45) is 0 Å². The molecule has 1 rings (SSSR count). The fraction of sp³-hybridized carbons (Fsp3) is 0.300. The van der Waals surface area contributed by atoms with Gasteiger partial charge in [-0.25, -0.2) is 4.79 Å². The van der Waals surface area contributed by atoms with Gasteiger partial charge in [-0.3, -0.25) is 0 Å². The normalized spacial score (nSPS) is 10.3. The molecule has 3 nitrogen and oxygen atoms in total. The van der Waals surface area contributed by atoms with Crippen LogP contribution in [0.15, 0.2) is 23.1 Å². The van der Waals surface area contributed by atoms with Crippen LogP contribution in [0.5, 0.6) is 5.75 Å². The van der Waals surface area contributed by atoms with Gasteiger partial charge in [-0.05, 0) is 25.1 Å². The Labute approximate surface area is 96.8 Å². The van der Waals surface area contributed by atoms with E-state index in [0.717, 1.165) is 0 Å². The van der Waals surface area contributed by atoms with Gasteiger partial charge in [-0.15, -0.1) is 12.6 Å². The number of thiol groups is 1. The molecular weight excluding hydrogens is 238 g/mol. The standard InChI is InChI=1S/C10H10F2O3S/c1-2-14-9(13)6-3-4-7(8(16)5-6)15-10(11)12/h3-5,10,16H,2H2,1H3. The van der Waals surface area contributed by atoms with E-state index in [1.54, 1.807) is 6.92 Å². The predicted molar refractivity (Wildman–Crippen MR) is 56.3 cm³/mol. The Kier molecular flexibility index (Phi) is 4.54. The van der Waals surface area contributed by atoms with Crippen LogP contribution >= 0.6 is 12.6 Å². The zero-order chi connectivity index (χ0) is 12.1. The van der Waals surface area contributed by atoms with Crippen molar-refractivity contribution in [3.8, 4) is 5.75 Å². The fourth-order valence-electron chi connectivity index (χ4n) is 1.05. The molecule has 0 aliphatic heterocycles. The lowest BCUT2D eigenvalue weighted by Crippen LogP contribution is -2.06. The van der Waals surface area contributed by atoms with Crippen molar-refractivity contribution >= 4 is 18.6 Å². The largest absolute Gasteiger partial charge is 0.462 e. The first-order chi connectivity index (χ1) is 7.54. The zero-order valence-corrected chi connectivity index (χ0v) is 9.34. The highest BCUT2D eigenvalue weighted by molar-refractivity contribution is 7.80. The molecule has 0 spiro atoms. The number of rotatable bonds is 4. The Morgan fingerprint density at radius 1 is 1.50 bits per heavy atom. The smallest absolute Gasteiger partial charge is 0.387 e. The zero-order valence-electron chi connectivity index (χ0n) is 8.44. The summed E-state index contributed by atoms with van der Waals surface area (Å²) >= 11 is 3.94. The lowest BCUT2D eigenvalue weighted by molar-refractivity contribution is -0.0516. The molecule has 0 N–H and O–H groups in total. The Morgan fingerprint density at radius 2 is 2.19 bits per heavy atom. The van der Waals surface area contributed by atoms with Crippen molar-refractivity contribution in [2.45, 2.75) is 18.4 Å². The maximum absolute atomic E-state index is 11.9. The van der Waals surface area contributed by atoms with Crippen molar-refractivity contribution in [1.29, 1.82) is 0 Å². The molecule has 16 heavy (non-hydrogen) atoms. The minimum Gasteiger partial charge on any atom is -0.462 e. The summed E-state index contributed by atoms with van der Waals surface area (Å²) in [4.78, 5) is 11.4. The van der Waals surface area contributed by atoms with Gasteiger partial charge in [0.1, 0.15) is 5.75 Å². The second-order valence-electron chi connectivity index (χ2n) is 2.78. The number of ether oxygens (including phenoxy) is 2. The lowest BCUT2D eigenvalue weighted by Gasteiger charge is -2.08. The molecule has 0 radical (unpaired) electrons. The Morgan fingerprint density at radius 3 is 2.69 bits per heavy atom. The molecule has 0 fully saturated rings. The first-order valence-corrected chi connectivity index (χ1v) is 4.94. The van der Waals surface area contributed by atoms with Gasteiger partial charge in [-0.2, -0.15) is 8.78 Å². The molecule has 0 bridgehead atoms. The van der Waals surface area contributed by atoms with Crippen LogP contribution in [0.4, 0.5) is 8.78 Å². The van der Waals surface area contributed by atoms with Crippen LogP contribution in [0.2, 0.25) is 0 Å². The third kappa shape index (κ3) is 3.37. The summed E-state index contributed by atoms with van der Waals surface area (Å²) in [5.41, 5.74) is 0.244. The van der Waals surface area contributed by atoms with Gasteiger partial charge in [0.25, 0.3) is 0 Å². The van der Waals surface area contributed by atoms with E-state index in [-0.39, 0.29) is 22.8 Å². The average molecular weight is 248 g/mol. The summed E-state index contributed by atoms with van der Waals surface area (Å²) in [7, 11) is 0. The number of alkyl halides is 2. The van der Waals surface area contributed by atoms with Crippen molar-refractivity contribution < 1.29 is 23.0 Å². The van der Waals surface area contributed by atoms with Crippen LogP contribution in [0.25, 0.3) is 0 Å². The molecule has 0 atom stereocenters. The van der Waals surface area contributed by atoms with E-state index in [4.69, 9.17) is 4.74 Å². The van der Waals surface area contributed by atoms with E-state index >= 15 is 0 Å². The second kappa shape index (κ2) is 5.69. The van der Waals surface area contributed by atoms with Crippen LogP contribution in [0, 0.1) is 0 Å². The number of hydrogen-bond acceptors (Lipinski definition) is 4. The summed E-state index contributed by atoms with van der Waals surface area (Å²) in [6.45, 7) is -0.997. The molecule has 1 aromatic rings. The van der Waals surface area contributed by atoms with E-state index in [1.165, 1.54) is 18.2 Å². The maximum atomic E-state index is 11.9. The van der Waals surface area contributed by atoms with Crippen molar-refractivity contribution in [1.82, 2.24) is 0 Å². The fourth-order valence-corrected chi connectivity index (χ4v) is 1.32. The highest BCUT2D eigenvalue weighted by Gasteiger charge is 2.12. The highest BCUT2D eigenvalue weighted by atomic mass is 32.1. The quantitative estimate of drug-likeness (QED) is 0.657. The van der Waals surface area contributed by atoms with E-state index in [9.17, 15) is 13.6 Å². The highest BCUT2D eigenvalue weighted by Crippen LogP contribution is 2.25. The third-order valence-electron chi connectivity index (χ3n) is 1.69. The number of benzene rings is 1. The molecule has 0 saturated carbocycles. The molecule has 0 aromatic heterocycles. The van der Waals surface area contributed by atoms with Crippen LogP contribution in [0.3, 0.4) is 0 Å². The van der Waals surface area contributed by atoms with Gasteiger partial charge < -0.3 is 9.47 Å². The summed E-state index contributed by atoms with van der Waals surface area (Å²) in [5, 5.41) is 0. The summed E-state index contributed by atoms with van der Waals surface area (Å²) < 4.78 is 32.8. The Bertz CT molecular complexity index is 382. The molecule has 0 aliphatic carbocycles. The number of halogens is 2. The van der Waals surface area contributed by atoms with Gasteiger partial charge in [0.05, 0.1) is 12.2 Å². The molecule has 0 aliphatic rings. The van der Waals surface area contributed by atoms with Gasteiger partial charge in [0.2, 0.25) is 0 Å². The molecule has 0 amide bonds. The topological polar surface area (TPSA) is 35.5 Å². The molecule has 6 heteroatoms. The van der Waals surface area contributed by atoms with Crippen LogP contribution in [-0.2, 0) is 4.74 Å². The maximum Gasteiger partial charge on any atom is 0.387 e. The van der Waals surface area contributed by atoms with Crippen molar-refractivity contribution in [2.75, 3.05) is 6.61 Å². The molecule has 0 unspecified atom stereocenters. The van der Waals surface area contributed by atoms with Crippen LogP contribution in [-0.4, -0.2) is 19.2 Å². The molecule has 88 valence electrons. The van der Waals surface area contributed by atoms with E-state index in [0.29, 0.717) is 0 Å². The first kappa shape index (κ1) is 12.8. The Balaban J connectivity index is 2.86. The third-order valence-corrected chi connectivity index (χ3v) is 2.04. The second-order valence-corrected chi connectivity index (χ2v) is 3.26. The van der Waals surface area contributed by atoms with Crippen molar-refractivity contribution in [3.63, 3.8) is 0 Å². The molecule has 1 aromatic carbocycles. The van der Waals surface area contributed by atoms with Gasteiger partial charge >= 0.3 is 12.6 Å². The molecule has 0 heterocycles. The minimum absolute atomic E-state index is 0.0774. The van der Waals surface area contributed by atoms with E-state index in [2.05, 4.69) is 17.4 Å². The minimum atomic E-state index is -2.92. The summed E-state index contributed by atoms with van der Waals surface area (Å²) in [5.74, 6) is -0.604. The molecule has 0 saturated heterocycles. The van der Waals surface area contributed by atoms with Crippen molar-refractivity contribution in [3.05, 3.63) is 23.8 Å². The van der Waals surface area contributed by atoms with Gasteiger partial charge in [0.15, 0.2) is 0 Å². The summed E-state index contributed by atoms with van der Waals surface area (Å²) in [6.07, 6.45) is 0. The lowest BCUT2D eigenvalue weighted by atomic mass is 10.2.